The van der Waals surface area contributed by atoms with Crippen molar-refractivity contribution in [3.8, 4) is 16.8 Å². The number of hydrogen-bond donors (Lipinski definition) is 1. The fourth-order valence-corrected chi connectivity index (χ4v) is 5.88. The van der Waals surface area contributed by atoms with Crippen LogP contribution in [-0.4, -0.2) is 41.5 Å². The van der Waals surface area contributed by atoms with Crippen molar-refractivity contribution >= 4 is 21.7 Å². The largest absolute Gasteiger partial charge is 0.309 e. The van der Waals surface area contributed by atoms with Crippen molar-refractivity contribution in [2.24, 2.45) is 5.92 Å². The fourth-order valence-electron chi connectivity index (χ4n) is 4.30. The van der Waals surface area contributed by atoms with Crippen molar-refractivity contribution in [2.45, 2.75) is 32.6 Å². The van der Waals surface area contributed by atoms with Crippen molar-refractivity contribution in [3.63, 3.8) is 0 Å². The molecule has 0 spiro atoms. The lowest BCUT2D eigenvalue weighted by atomic mass is 10.1. The van der Waals surface area contributed by atoms with Crippen LogP contribution in [0.25, 0.3) is 16.8 Å². The highest BCUT2D eigenvalue weighted by molar-refractivity contribution is 7.89. The topological polar surface area (TPSA) is 84.3 Å². The molecular weight excluding hydrogens is 484 g/mol. The van der Waals surface area contributed by atoms with Gasteiger partial charge in [-0.3, -0.25) is 4.79 Å². The number of amides is 1. The summed E-state index contributed by atoms with van der Waals surface area (Å²) in [5.41, 5.74) is 4.28. The molecule has 37 heavy (non-hydrogen) atoms. The Morgan fingerprint density at radius 2 is 1.51 bits per heavy atom. The molecule has 8 heteroatoms. The Labute approximate surface area is 218 Å². The van der Waals surface area contributed by atoms with Gasteiger partial charge in [0.05, 0.1) is 22.8 Å². The highest BCUT2D eigenvalue weighted by Crippen LogP contribution is 2.34. The van der Waals surface area contributed by atoms with Gasteiger partial charge in [0.1, 0.15) is 5.82 Å². The van der Waals surface area contributed by atoms with Crippen molar-refractivity contribution < 1.29 is 13.2 Å². The van der Waals surface area contributed by atoms with Gasteiger partial charge in [0.15, 0.2) is 0 Å². The first kappa shape index (κ1) is 26.3. The SMILES string of the molecule is Cc1ccccc1-n1nc(C)c(-c2ccccc2)c1NC(=O)CN(CC(C)C)S(=O)(=O)c1ccccc1. The highest BCUT2D eigenvalue weighted by atomic mass is 32.2. The third-order valence-electron chi connectivity index (χ3n) is 5.99. The predicted molar refractivity (Wildman–Crippen MR) is 147 cm³/mol. The number of hydrogen-bond acceptors (Lipinski definition) is 4. The second-order valence-corrected chi connectivity index (χ2v) is 11.4. The van der Waals surface area contributed by atoms with Gasteiger partial charge < -0.3 is 5.32 Å². The van der Waals surface area contributed by atoms with Crippen molar-refractivity contribution in [3.05, 3.63) is 96.2 Å². The zero-order chi connectivity index (χ0) is 26.6. The molecule has 0 radical (unpaired) electrons. The molecule has 4 aromatic rings. The Balaban J connectivity index is 1.74. The van der Waals surface area contributed by atoms with Crippen LogP contribution in [0.3, 0.4) is 0 Å². The average Bonchev–Trinajstić information content (AvgIpc) is 3.19. The van der Waals surface area contributed by atoms with Crippen molar-refractivity contribution in [1.29, 1.82) is 0 Å². The molecule has 1 aromatic heterocycles. The first-order chi connectivity index (χ1) is 17.7. The third kappa shape index (κ3) is 5.81. The number of nitrogens with zero attached hydrogens (tertiary/aromatic N) is 3. The predicted octanol–water partition coefficient (Wildman–Crippen LogP) is 5.44. The molecule has 0 fully saturated rings. The number of para-hydroxylation sites is 1. The van der Waals surface area contributed by atoms with E-state index in [9.17, 15) is 13.2 Å². The number of benzene rings is 3. The number of rotatable bonds is 9. The molecule has 0 atom stereocenters. The number of sulfonamides is 1. The van der Waals surface area contributed by atoms with Crippen molar-refractivity contribution in [1.82, 2.24) is 14.1 Å². The van der Waals surface area contributed by atoms with Gasteiger partial charge in [-0.15, -0.1) is 0 Å². The molecule has 1 heterocycles. The molecule has 0 aliphatic carbocycles. The number of anilines is 1. The van der Waals surface area contributed by atoms with Gasteiger partial charge >= 0.3 is 0 Å². The van der Waals surface area contributed by atoms with Gasteiger partial charge in [-0.05, 0) is 49.1 Å². The van der Waals surface area contributed by atoms with Gasteiger partial charge in [0, 0.05) is 12.1 Å². The maximum Gasteiger partial charge on any atom is 0.243 e. The number of aromatic nitrogens is 2. The van der Waals surface area contributed by atoms with E-state index in [4.69, 9.17) is 5.10 Å². The van der Waals surface area contributed by atoms with Crippen LogP contribution in [0.5, 0.6) is 0 Å². The number of nitrogens with one attached hydrogen (secondary N) is 1. The van der Waals surface area contributed by atoms with E-state index in [2.05, 4.69) is 5.32 Å². The Morgan fingerprint density at radius 1 is 0.919 bits per heavy atom. The molecule has 0 aliphatic heterocycles. The Bertz CT molecular complexity index is 1480. The summed E-state index contributed by atoms with van der Waals surface area (Å²) in [6, 6.07) is 25.7. The zero-order valence-corrected chi connectivity index (χ0v) is 22.4. The molecule has 0 saturated carbocycles. The number of aryl methyl sites for hydroxylation is 2. The van der Waals surface area contributed by atoms with Crippen molar-refractivity contribution in [2.75, 3.05) is 18.4 Å². The molecule has 0 bridgehead atoms. The van der Waals surface area contributed by atoms with Crippen LogP contribution in [0.15, 0.2) is 89.8 Å². The van der Waals surface area contributed by atoms with Gasteiger partial charge in [-0.25, -0.2) is 13.1 Å². The van der Waals surface area contributed by atoms with Crippen LogP contribution in [0.1, 0.15) is 25.1 Å². The van der Waals surface area contributed by atoms with Crippen LogP contribution in [0.2, 0.25) is 0 Å². The maximum absolute atomic E-state index is 13.5. The van der Waals surface area contributed by atoms with E-state index in [0.29, 0.717) is 5.82 Å². The van der Waals surface area contributed by atoms with E-state index in [1.165, 1.54) is 4.31 Å². The minimum absolute atomic E-state index is 0.0332. The summed E-state index contributed by atoms with van der Waals surface area (Å²) in [7, 11) is -3.86. The number of carbonyl (C=O) groups excluding carboxylic acids is 1. The van der Waals surface area contributed by atoms with Crippen LogP contribution in [-0.2, 0) is 14.8 Å². The van der Waals surface area contributed by atoms with E-state index in [1.807, 2.05) is 82.3 Å². The molecule has 7 nitrogen and oxygen atoms in total. The molecule has 192 valence electrons. The first-order valence-corrected chi connectivity index (χ1v) is 13.7. The smallest absolute Gasteiger partial charge is 0.243 e. The molecule has 0 saturated heterocycles. The van der Waals surface area contributed by atoms with E-state index in [-0.39, 0.29) is 23.9 Å². The average molecular weight is 517 g/mol. The lowest BCUT2D eigenvalue weighted by Crippen LogP contribution is -2.40. The maximum atomic E-state index is 13.5. The lowest BCUT2D eigenvalue weighted by Gasteiger charge is -2.24. The second kappa shape index (κ2) is 11.1. The highest BCUT2D eigenvalue weighted by Gasteiger charge is 2.28. The van der Waals surface area contributed by atoms with E-state index in [1.54, 1.807) is 35.0 Å². The molecule has 3 aromatic carbocycles. The van der Waals surface area contributed by atoms with Crippen LogP contribution < -0.4 is 5.32 Å². The summed E-state index contributed by atoms with van der Waals surface area (Å²) >= 11 is 0. The summed E-state index contributed by atoms with van der Waals surface area (Å²) in [5, 5.41) is 7.77. The molecule has 4 rings (SSSR count). The van der Waals surface area contributed by atoms with E-state index >= 15 is 0 Å². The van der Waals surface area contributed by atoms with Crippen LogP contribution >= 0.6 is 0 Å². The van der Waals surface area contributed by atoms with Gasteiger partial charge in [-0.2, -0.15) is 9.40 Å². The third-order valence-corrected chi connectivity index (χ3v) is 7.82. The summed E-state index contributed by atoms with van der Waals surface area (Å²) in [5.74, 6) is 0.0996. The Morgan fingerprint density at radius 3 is 2.14 bits per heavy atom. The molecule has 0 unspecified atom stereocenters. The summed E-state index contributed by atoms with van der Waals surface area (Å²) in [4.78, 5) is 13.6. The molecule has 0 aliphatic rings. The van der Waals surface area contributed by atoms with Gasteiger partial charge in [0.25, 0.3) is 0 Å². The Kier molecular flexibility index (Phi) is 7.90. The van der Waals surface area contributed by atoms with E-state index < -0.39 is 15.9 Å². The Hall–Kier alpha value is -3.75. The normalized spacial score (nSPS) is 11.7. The summed E-state index contributed by atoms with van der Waals surface area (Å²) < 4.78 is 29.8. The quantitative estimate of drug-likeness (QED) is 0.321. The molecule has 1 amide bonds. The zero-order valence-electron chi connectivity index (χ0n) is 21.5. The standard InChI is InChI=1S/C29H32N4O3S/c1-21(2)19-32(37(35,36)25-16-9-6-10-17-25)20-27(34)30-29-28(24-14-7-5-8-15-24)23(4)31-33(29)26-18-12-11-13-22(26)3/h5-18,21H,19-20H2,1-4H3,(H,30,34). The monoisotopic (exact) mass is 516 g/mol. The van der Waals surface area contributed by atoms with Gasteiger partial charge in [0.2, 0.25) is 15.9 Å². The lowest BCUT2D eigenvalue weighted by molar-refractivity contribution is -0.116. The number of carbonyl (C=O) groups is 1. The minimum Gasteiger partial charge on any atom is -0.309 e. The second-order valence-electron chi connectivity index (χ2n) is 9.43. The minimum atomic E-state index is -3.86. The molecular formula is C29H32N4O3S. The van der Waals surface area contributed by atoms with Crippen LogP contribution in [0, 0.1) is 19.8 Å². The first-order valence-electron chi connectivity index (χ1n) is 12.2. The fraction of sp³-hybridized carbons (Fsp3) is 0.241. The summed E-state index contributed by atoms with van der Waals surface area (Å²) in [6.45, 7) is 7.63. The molecule has 1 N–H and O–H groups in total. The van der Waals surface area contributed by atoms with Gasteiger partial charge in [-0.1, -0.05) is 80.6 Å². The van der Waals surface area contributed by atoms with E-state index in [0.717, 1.165) is 28.1 Å². The van der Waals surface area contributed by atoms with Crippen LogP contribution in [0.4, 0.5) is 5.82 Å². The summed E-state index contributed by atoms with van der Waals surface area (Å²) in [6.07, 6.45) is 0.